The largest absolute Gasteiger partial charge is 0.379 e. The number of carbonyl (C=O) groups is 1. The summed E-state index contributed by atoms with van der Waals surface area (Å²) in [6.07, 6.45) is 0. The van der Waals surface area contributed by atoms with Crippen LogP contribution in [0.3, 0.4) is 0 Å². The first-order valence-electron chi connectivity index (χ1n) is 5.51. The van der Waals surface area contributed by atoms with Crippen LogP contribution in [0.25, 0.3) is 0 Å². The molecule has 1 aromatic carbocycles. The summed E-state index contributed by atoms with van der Waals surface area (Å²) >= 11 is 0. The first kappa shape index (κ1) is 12.9. The molecule has 1 saturated heterocycles. The molecule has 1 heterocycles. The molecule has 1 aliphatic heterocycles. The van der Waals surface area contributed by atoms with Crippen molar-refractivity contribution in [3.8, 4) is 0 Å². The Morgan fingerprint density at radius 3 is 2.56 bits per heavy atom. The lowest BCUT2D eigenvalue weighted by Gasteiger charge is -2.41. The van der Waals surface area contributed by atoms with Crippen LogP contribution < -0.4 is 10.6 Å². The van der Waals surface area contributed by atoms with Crippen molar-refractivity contribution in [1.29, 1.82) is 0 Å². The van der Waals surface area contributed by atoms with Gasteiger partial charge in [-0.15, -0.1) is 0 Å². The molecule has 6 heteroatoms. The molecular formula is C12H14F2N2O2. The molecular weight excluding hydrogens is 242 g/mol. The van der Waals surface area contributed by atoms with Gasteiger partial charge in [0, 0.05) is 25.3 Å². The van der Waals surface area contributed by atoms with E-state index in [4.69, 9.17) is 10.5 Å². The molecule has 0 saturated carbocycles. The Kier molecular flexibility index (Phi) is 3.32. The Morgan fingerprint density at radius 2 is 2.11 bits per heavy atom. The number of ether oxygens (including phenoxy) is 1. The summed E-state index contributed by atoms with van der Waals surface area (Å²) in [6, 6.07) is 3.32. The Hall–Kier alpha value is -1.53. The van der Waals surface area contributed by atoms with Gasteiger partial charge in [0.2, 0.25) is 5.91 Å². The van der Waals surface area contributed by atoms with Crippen molar-refractivity contribution in [3.05, 3.63) is 29.8 Å². The van der Waals surface area contributed by atoms with Gasteiger partial charge in [-0.2, -0.15) is 0 Å². The van der Waals surface area contributed by atoms with Gasteiger partial charge in [0.15, 0.2) is 11.6 Å². The van der Waals surface area contributed by atoms with Crippen molar-refractivity contribution in [3.63, 3.8) is 0 Å². The molecule has 98 valence electrons. The molecule has 1 aromatic rings. The number of benzene rings is 1. The van der Waals surface area contributed by atoms with E-state index in [0.29, 0.717) is 5.69 Å². The fourth-order valence-corrected chi connectivity index (χ4v) is 1.84. The van der Waals surface area contributed by atoms with Crippen molar-refractivity contribution in [2.75, 3.05) is 31.7 Å². The van der Waals surface area contributed by atoms with Crippen LogP contribution in [0.4, 0.5) is 14.5 Å². The van der Waals surface area contributed by atoms with Crippen LogP contribution in [-0.4, -0.2) is 32.7 Å². The first-order valence-corrected chi connectivity index (χ1v) is 5.51. The molecule has 0 spiro atoms. The van der Waals surface area contributed by atoms with Gasteiger partial charge in [-0.3, -0.25) is 4.79 Å². The number of hydrogen-bond donors (Lipinski definition) is 1. The molecule has 1 aliphatic rings. The molecule has 1 fully saturated rings. The molecule has 1 amide bonds. The lowest BCUT2D eigenvalue weighted by Crippen LogP contribution is -2.58. The second kappa shape index (κ2) is 4.62. The monoisotopic (exact) mass is 256 g/mol. The predicted molar refractivity (Wildman–Crippen MR) is 62.1 cm³/mol. The highest BCUT2D eigenvalue weighted by Crippen LogP contribution is 2.30. The number of anilines is 1. The van der Waals surface area contributed by atoms with Gasteiger partial charge >= 0.3 is 0 Å². The molecule has 0 aliphatic carbocycles. The smallest absolute Gasteiger partial charge is 0.238 e. The number of halogens is 2. The quantitative estimate of drug-likeness (QED) is 0.874. The molecule has 2 N–H and O–H groups in total. The van der Waals surface area contributed by atoms with Crippen molar-refractivity contribution >= 4 is 11.6 Å². The molecule has 2 rings (SSSR count). The first-order chi connectivity index (χ1) is 8.50. The van der Waals surface area contributed by atoms with Crippen LogP contribution in [0, 0.1) is 17.0 Å². The molecule has 18 heavy (non-hydrogen) atoms. The number of hydrogen-bond acceptors (Lipinski definition) is 3. The van der Waals surface area contributed by atoms with E-state index < -0.39 is 17.0 Å². The maximum Gasteiger partial charge on any atom is 0.238 e. The van der Waals surface area contributed by atoms with Crippen molar-refractivity contribution in [1.82, 2.24) is 0 Å². The van der Waals surface area contributed by atoms with E-state index in [1.807, 2.05) is 0 Å². The fourth-order valence-electron chi connectivity index (χ4n) is 1.84. The lowest BCUT2D eigenvalue weighted by atomic mass is 9.84. The normalized spacial score (nSPS) is 17.1. The Balaban J connectivity index is 2.22. The van der Waals surface area contributed by atoms with Gasteiger partial charge in [0.05, 0.1) is 13.2 Å². The van der Waals surface area contributed by atoms with Crippen LogP contribution in [-0.2, 0) is 9.53 Å². The summed E-state index contributed by atoms with van der Waals surface area (Å²) in [4.78, 5) is 13.5. The second-order valence-corrected chi connectivity index (χ2v) is 4.44. The van der Waals surface area contributed by atoms with Gasteiger partial charge in [0.1, 0.15) is 5.41 Å². The molecule has 0 radical (unpaired) electrons. The minimum absolute atomic E-state index is 0.167. The summed E-state index contributed by atoms with van der Waals surface area (Å²) in [5.41, 5.74) is 5.13. The number of nitrogens with two attached hydrogens (primary N) is 1. The average molecular weight is 256 g/mol. The highest BCUT2D eigenvalue weighted by Gasteiger charge is 2.46. The summed E-state index contributed by atoms with van der Waals surface area (Å²) in [5, 5.41) is 0. The number of carbonyl (C=O) groups excluding carboxylic acids is 1. The molecule has 0 aromatic heterocycles. The maximum atomic E-state index is 13.1. The van der Waals surface area contributed by atoms with Gasteiger partial charge in [-0.05, 0) is 12.1 Å². The summed E-state index contributed by atoms with van der Waals surface area (Å²) < 4.78 is 31.0. The highest BCUT2D eigenvalue weighted by molar-refractivity contribution is 5.98. The van der Waals surface area contributed by atoms with E-state index in [2.05, 4.69) is 0 Å². The maximum absolute atomic E-state index is 13.1. The minimum Gasteiger partial charge on any atom is -0.379 e. The zero-order valence-corrected chi connectivity index (χ0v) is 9.95. The minimum atomic E-state index is -0.987. The molecule has 4 nitrogen and oxygen atoms in total. The van der Waals surface area contributed by atoms with Crippen molar-refractivity contribution in [2.24, 2.45) is 11.1 Å². The average Bonchev–Trinajstić information content (AvgIpc) is 2.31. The zero-order chi connectivity index (χ0) is 13.3. The molecule has 0 bridgehead atoms. The summed E-state index contributed by atoms with van der Waals surface area (Å²) in [7, 11) is 1.50. The molecule has 0 atom stereocenters. The second-order valence-electron chi connectivity index (χ2n) is 4.44. The highest BCUT2D eigenvalue weighted by atomic mass is 19.2. The zero-order valence-electron chi connectivity index (χ0n) is 9.95. The number of rotatable bonds is 3. The summed E-state index contributed by atoms with van der Waals surface area (Å²) in [6.45, 7) is 0.687. The molecule has 0 unspecified atom stereocenters. The summed E-state index contributed by atoms with van der Waals surface area (Å²) in [5.74, 6) is -2.18. The van der Waals surface area contributed by atoms with Gasteiger partial charge in [-0.25, -0.2) is 8.78 Å². The van der Waals surface area contributed by atoms with Crippen LogP contribution in [0.15, 0.2) is 18.2 Å². The Morgan fingerprint density at radius 1 is 1.44 bits per heavy atom. The topological polar surface area (TPSA) is 55.6 Å². The van der Waals surface area contributed by atoms with E-state index in [9.17, 15) is 13.6 Å². The Labute approximate surface area is 103 Å². The van der Waals surface area contributed by atoms with Crippen molar-refractivity contribution in [2.45, 2.75) is 0 Å². The van der Waals surface area contributed by atoms with E-state index in [0.717, 1.165) is 12.1 Å². The Bertz CT molecular complexity index is 470. The van der Waals surface area contributed by atoms with Gasteiger partial charge in [-0.1, -0.05) is 0 Å². The van der Waals surface area contributed by atoms with E-state index in [-0.39, 0.29) is 25.7 Å². The van der Waals surface area contributed by atoms with Gasteiger partial charge in [0.25, 0.3) is 0 Å². The van der Waals surface area contributed by atoms with Crippen LogP contribution >= 0.6 is 0 Å². The lowest BCUT2D eigenvalue weighted by molar-refractivity contribution is -0.156. The third kappa shape index (κ3) is 1.97. The number of nitrogens with zero attached hydrogens (tertiary/aromatic N) is 1. The van der Waals surface area contributed by atoms with Crippen LogP contribution in [0.2, 0.25) is 0 Å². The standard InChI is InChI=1S/C12H14F2N2O2/c1-16(8-2-3-9(13)10(14)4-8)11(17)12(5-15)6-18-7-12/h2-4H,5-7,15H2,1H3. The van der Waals surface area contributed by atoms with E-state index in [1.54, 1.807) is 0 Å². The van der Waals surface area contributed by atoms with Crippen LogP contribution in [0.1, 0.15) is 0 Å². The fraction of sp³-hybridized carbons (Fsp3) is 0.417. The van der Waals surface area contributed by atoms with E-state index in [1.165, 1.54) is 18.0 Å². The van der Waals surface area contributed by atoms with Crippen molar-refractivity contribution < 1.29 is 18.3 Å². The third-order valence-electron chi connectivity index (χ3n) is 3.20. The van der Waals surface area contributed by atoms with Crippen LogP contribution in [0.5, 0.6) is 0 Å². The third-order valence-corrected chi connectivity index (χ3v) is 3.20. The predicted octanol–water partition coefficient (Wildman–Crippen LogP) is 0.903. The van der Waals surface area contributed by atoms with Gasteiger partial charge < -0.3 is 15.4 Å². The number of amides is 1. The van der Waals surface area contributed by atoms with E-state index >= 15 is 0 Å². The SMILES string of the molecule is CN(C(=O)C1(CN)COC1)c1ccc(F)c(F)c1.